The average molecular weight is 338 g/mol. The summed E-state index contributed by atoms with van der Waals surface area (Å²) in [4.78, 5) is 12.8. The zero-order valence-electron chi connectivity index (χ0n) is 11.4. The number of hydrogen-bond donors (Lipinski definition) is 2. The standard InChI is InChI=1S/C15H20BrN3O/c16-11-3-1-10(2-4-11)13-9-14(13)18-12-5-7-19(8-6-12)15(17)20/h1-4,12-14,18H,5-9H2,(H2,17,20). The number of benzene rings is 1. The molecule has 1 aromatic rings. The molecule has 2 fully saturated rings. The molecule has 1 saturated carbocycles. The Kier molecular flexibility index (Phi) is 3.98. The summed E-state index contributed by atoms with van der Waals surface area (Å²) < 4.78 is 1.13. The molecule has 1 heterocycles. The fourth-order valence-corrected chi connectivity index (χ4v) is 3.29. The van der Waals surface area contributed by atoms with Gasteiger partial charge in [0.2, 0.25) is 0 Å². The summed E-state index contributed by atoms with van der Waals surface area (Å²) in [5.41, 5.74) is 6.72. The number of halogens is 1. The Morgan fingerprint density at radius 2 is 1.90 bits per heavy atom. The van der Waals surface area contributed by atoms with E-state index in [0.717, 1.165) is 30.4 Å². The summed E-state index contributed by atoms with van der Waals surface area (Å²) in [6.45, 7) is 1.56. The molecular weight excluding hydrogens is 318 g/mol. The molecule has 4 nitrogen and oxygen atoms in total. The fraction of sp³-hybridized carbons (Fsp3) is 0.533. The topological polar surface area (TPSA) is 58.4 Å². The molecule has 2 atom stereocenters. The second-order valence-corrected chi connectivity index (χ2v) is 6.68. The van der Waals surface area contributed by atoms with Gasteiger partial charge in [0.1, 0.15) is 0 Å². The molecule has 108 valence electrons. The number of urea groups is 1. The molecule has 3 N–H and O–H groups in total. The lowest BCUT2D eigenvalue weighted by Gasteiger charge is -2.31. The molecule has 1 saturated heterocycles. The zero-order chi connectivity index (χ0) is 14.1. The van der Waals surface area contributed by atoms with Crippen LogP contribution in [0.2, 0.25) is 0 Å². The monoisotopic (exact) mass is 337 g/mol. The molecule has 20 heavy (non-hydrogen) atoms. The number of primary amides is 1. The van der Waals surface area contributed by atoms with E-state index in [1.807, 2.05) is 0 Å². The number of carbonyl (C=O) groups is 1. The van der Waals surface area contributed by atoms with Crippen LogP contribution in [0.5, 0.6) is 0 Å². The van der Waals surface area contributed by atoms with Gasteiger partial charge in [-0.1, -0.05) is 28.1 Å². The number of amides is 2. The van der Waals surface area contributed by atoms with Gasteiger partial charge in [-0.3, -0.25) is 0 Å². The van der Waals surface area contributed by atoms with E-state index in [1.54, 1.807) is 4.90 Å². The number of likely N-dealkylation sites (tertiary alicyclic amines) is 1. The van der Waals surface area contributed by atoms with Gasteiger partial charge >= 0.3 is 6.03 Å². The van der Waals surface area contributed by atoms with Crippen LogP contribution < -0.4 is 11.1 Å². The largest absolute Gasteiger partial charge is 0.351 e. The first kappa shape index (κ1) is 13.9. The molecule has 2 amide bonds. The summed E-state index contributed by atoms with van der Waals surface area (Å²) in [6.07, 6.45) is 3.23. The molecule has 2 unspecified atom stereocenters. The Hall–Kier alpha value is -1.07. The normalized spacial score (nSPS) is 26.6. The highest BCUT2D eigenvalue weighted by atomic mass is 79.9. The third kappa shape index (κ3) is 3.15. The SMILES string of the molecule is NC(=O)N1CCC(NC2CC2c2ccc(Br)cc2)CC1. The van der Waals surface area contributed by atoms with Crippen LogP contribution in [-0.4, -0.2) is 36.1 Å². The van der Waals surface area contributed by atoms with Gasteiger partial charge in [-0.2, -0.15) is 0 Å². The van der Waals surface area contributed by atoms with Crippen LogP contribution in [0.1, 0.15) is 30.7 Å². The smallest absolute Gasteiger partial charge is 0.314 e. The number of hydrogen-bond acceptors (Lipinski definition) is 2. The lowest BCUT2D eigenvalue weighted by atomic mass is 10.0. The summed E-state index contributed by atoms with van der Waals surface area (Å²) in [7, 11) is 0. The van der Waals surface area contributed by atoms with Gasteiger partial charge in [0.05, 0.1) is 0 Å². The van der Waals surface area contributed by atoms with Crippen molar-refractivity contribution in [2.45, 2.75) is 37.3 Å². The van der Waals surface area contributed by atoms with E-state index < -0.39 is 0 Å². The molecule has 2 aliphatic rings. The van der Waals surface area contributed by atoms with E-state index in [-0.39, 0.29) is 6.03 Å². The molecular formula is C15H20BrN3O. The molecule has 0 radical (unpaired) electrons. The number of carbonyl (C=O) groups excluding carboxylic acids is 1. The highest BCUT2D eigenvalue weighted by molar-refractivity contribution is 9.10. The van der Waals surface area contributed by atoms with Crippen LogP contribution in [0.3, 0.4) is 0 Å². The fourth-order valence-electron chi connectivity index (χ4n) is 3.03. The second kappa shape index (κ2) is 5.74. The summed E-state index contributed by atoms with van der Waals surface area (Å²) >= 11 is 3.47. The zero-order valence-corrected chi connectivity index (χ0v) is 13.0. The molecule has 3 rings (SSSR count). The number of nitrogens with zero attached hydrogens (tertiary/aromatic N) is 1. The Labute approximate surface area is 127 Å². The highest BCUT2D eigenvalue weighted by Gasteiger charge is 2.39. The Morgan fingerprint density at radius 3 is 2.50 bits per heavy atom. The maximum Gasteiger partial charge on any atom is 0.314 e. The van der Waals surface area contributed by atoms with E-state index in [9.17, 15) is 4.79 Å². The van der Waals surface area contributed by atoms with Gasteiger partial charge < -0.3 is 16.0 Å². The van der Waals surface area contributed by atoms with E-state index in [1.165, 1.54) is 12.0 Å². The molecule has 5 heteroatoms. The Balaban J connectivity index is 1.47. The maximum atomic E-state index is 11.1. The number of piperidine rings is 1. The van der Waals surface area contributed by atoms with Crippen molar-refractivity contribution in [1.82, 2.24) is 10.2 Å². The van der Waals surface area contributed by atoms with Crippen molar-refractivity contribution in [3.63, 3.8) is 0 Å². The first-order valence-corrected chi connectivity index (χ1v) is 7.98. The first-order chi connectivity index (χ1) is 9.63. The highest BCUT2D eigenvalue weighted by Crippen LogP contribution is 2.41. The maximum absolute atomic E-state index is 11.1. The van der Waals surface area contributed by atoms with Gasteiger partial charge in [0.25, 0.3) is 0 Å². The lowest BCUT2D eigenvalue weighted by Crippen LogP contribution is -2.47. The summed E-state index contributed by atoms with van der Waals surface area (Å²) in [5.74, 6) is 0.650. The Bertz CT molecular complexity index is 482. The van der Waals surface area contributed by atoms with Crippen LogP contribution in [0.25, 0.3) is 0 Å². The molecule has 0 bridgehead atoms. The van der Waals surface area contributed by atoms with Gasteiger partial charge in [-0.15, -0.1) is 0 Å². The van der Waals surface area contributed by atoms with Crippen molar-refractivity contribution in [1.29, 1.82) is 0 Å². The van der Waals surface area contributed by atoms with Crippen LogP contribution in [0.4, 0.5) is 4.79 Å². The van der Waals surface area contributed by atoms with Gasteiger partial charge in [-0.05, 0) is 37.0 Å². The third-order valence-electron chi connectivity index (χ3n) is 4.35. The van der Waals surface area contributed by atoms with E-state index in [4.69, 9.17) is 5.73 Å². The molecule has 1 aliphatic carbocycles. The number of rotatable bonds is 3. The second-order valence-electron chi connectivity index (χ2n) is 5.77. The molecule has 1 aliphatic heterocycles. The van der Waals surface area contributed by atoms with Crippen molar-refractivity contribution >= 4 is 22.0 Å². The van der Waals surface area contributed by atoms with Gasteiger partial charge in [0.15, 0.2) is 0 Å². The van der Waals surface area contributed by atoms with Crippen molar-refractivity contribution in [2.75, 3.05) is 13.1 Å². The molecule has 0 spiro atoms. The van der Waals surface area contributed by atoms with Gasteiger partial charge in [-0.25, -0.2) is 4.79 Å². The van der Waals surface area contributed by atoms with Crippen molar-refractivity contribution in [3.05, 3.63) is 34.3 Å². The number of nitrogens with two attached hydrogens (primary N) is 1. The average Bonchev–Trinajstić information content (AvgIpc) is 3.19. The lowest BCUT2D eigenvalue weighted by molar-refractivity contribution is 0.185. The quantitative estimate of drug-likeness (QED) is 0.889. The van der Waals surface area contributed by atoms with E-state index in [2.05, 4.69) is 45.5 Å². The Morgan fingerprint density at radius 1 is 1.25 bits per heavy atom. The predicted molar refractivity (Wildman–Crippen MR) is 82.6 cm³/mol. The number of nitrogens with one attached hydrogen (secondary N) is 1. The van der Waals surface area contributed by atoms with E-state index >= 15 is 0 Å². The van der Waals surface area contributed by atoms with Gasteiger partial charge in [0, 0.05) is 35.6 Å². The minimum Gasteiger partial charge on any atom is -0.351 e. The minimum atomic E-state index is -0.289. The van der Waals surface area contributed by atoms with Crippen molar-refractivity contribution < 1.29 is 4.79 Å². The van der Waals surface area contributed by atoms with Crippen LogP contribution in [0, 0.1) is 0 Å². The summed E-state index contributed by atoms with van der Waals surface area (Å²) in [6, 6.07) is 9.45. The summed E-state index contributed by atoms with van der Waals surface area (Å²) in [5, 5.41) is 3.72. The minimum absolute atomic E-state index is 0.289. The van der Waals surface area contributed by atoms with E-state index in [0.29, 0.717) is 18.0 Å². The predicted octanol–water partition coefficient (Wildman–Crippen LogP) is 2.44. The van der Waals surface area contributed by atoms with Crippen molar-refractivity contribution in [3.8, 4) is 0 Å². The van der Waals surface area contributed by atoms with Crippen LogP contribution in [0.15, 0.2) is 28.7 Å². The van der Waals surface area contributed by atoms with Crippen molar-refractivity contribution in [2.24, 2.45) is 5.73 Å². The molecule has 1 aromatic carbocycles. The van der Waals surface area contributed by atoms with Crippen LogP contribution >= 0.6 is 15.9 Å². The molecule has 0 aromatic heterocycles. The third-order valence-corrected chi connectivity index (χ3v) is 4.87. The van der Waals surface area contributed by atoms with Crippen LogP contribution in [-0.2, 0) is 0 Å². The first-order valence-electron chi connectivity index (χ1n) is 7.19.